The molecule has 0 aromatic heterocycles. The second kappa shape index (κ2) is 5.45. The molecule has 3 nitrogen and oxygen atoms in total. The van der Waals surface area contributed by atoms with Crippen LogP contribution in [-0.4, -0.2) is 11.3 Å². The predicted molar refractivity (Wildman–Crippen MR) is 70.6 cm³/mol. The maximum absolute atomic E-state index is 14.1. The van der Waals surface area contributed by atoms with Gasteiger partial charge in [0.15, 0.2) is 0 Å². The molecule has 0 aliphatic carbocycles. The van der Waals surface area contributed by atoms with Crippen molar-refractivity contribution in [3.8, 4) is 0 Å². The fourth-order valence-electron chi connectivity index (χ4n) is 1.44. The molecule has 0 radical (unpaired) electrons. The highest BCUT2D eigenvalue weighted by atomic mass is 79.9. The van der Waals surface area contributed by atoms with Gasteiger partial charge in [0.25, 0.3) is 0 Å². The van der Waals surface area contributed by atoms with Crippen molar-refractivity contribution in [1.82, 2.24) is 0 Å². The van der Waals surface area contributed by atoms with Crippen molar-refractivity contribution in [2.45, 2.75) is 32.8 Å². The lowest BCUT2D eigenvalue weighted by Gasteiger charge is -2.22. The van der Waals surface area contributed by atoms with Gasteiger partial charge < -0.3 is 9.84 Å². The van der Waals surface area contributed by atoms with Gasteiger partial charge >= 0.3 is 6.16 Å². The third-order valence-corrected chi connectivity index (χ3v) is 3.48. The first-order valence-electron chi connectivity index (χ1n) is 5.17. The number of hydrogen-bond acceptors (Lipinski definition) is 2. The van der Waals surface area contributed by atoms with Gasteiger partial charge in [0.2, 0.25) is 0 Å². The summed E-state index contributed by atoms with van der Waals surface area (Å²) in [4.78, 5) is 10.3. The molecule has 6 heteroatoms. The molecule has 0 aliphatic heterocycles. The second-order valence-electron chi connectivity index (χ2n) is 4.82. The molecule has 0 atom stereocenters. The van der Waals surface area contributed by atoms with Gasteiger partial charge in [0.05, 0.1) is 5.02 Å². The molecule has 0 saturated heterocycles. The Balaban J connectivity index is 3.25. The van der Waals surface area contributed by atoms with Crippen LogP contribution in [0.3, 0.4) is 0 Å². The van der Waals surface area contributed by atoms with E-state index in [1.807, 2.05) is 20.8 Å². The molecule has 0 spiro atoms. The molecule has 1 rings (SSSR count). The fourth-order valence-corrected chi connectivity index (χ4v) is 2.41. The summed E-state index contributed by atoms with van der Waals surface area (Å²) in [5, 5.41) is 8.41. The second-order valence-corrected chi connectivity index (χ2v) is 6.05. The number of halogens is 3. The van der Waals surface area contributed by atoms with Crippen molar-refractivity contribution in [2.24, 2.45) is 0 Å². The van der Waals surface area contributed by atoms with E-state index in [-0.39, 0.29) is 22.6 Å². The van der Waals surface area contributed by atoms with Crippen molar-refractivity contribution in [2.75, 3.05) is 0 Å². The first-order valence-corrected chi connectivity index (χ1v) is 6.34. The highest BCUT2D eigenvalue weighted by molar-refractivity contribution is 9.10. The summed E-state index contributed by atoms with van der Waals surface area (Å²) in [6.07, 6.45) is -1.46. The fraction of sp³-hybridized carbons (Fsp3) is 0.417. The van der Waals surface area contributed by atoms with Crippen LogP contribution < -0.4 is 0 Å². The van der Waals surface area contributed by atoms with Crippen LogP contribution in [0.25, 0.3) is 0 Å². The SMILES string of the molecule is CC(C)(C)c1cc(Br)c(COC(=O)O)c(F)c1Cl. The average Bonchev–Trinajstić information content (AvgIpc) is 2.21. The topological polar surface area (TPSA) is 46.5 Å². The van der Waals surface area contributed by atoms with Gasteiger partial charge in [-0.25, -0.2) is 9.18 Å². The number of carbonyl (C=O) groups is 1. The molecule has 0 amide bonds. The zero-order valence-corrected chi connectivity index (χ0v) is 12.5. The van der Waals surface area contributed by atoms with Crippen LogP contribution >= 0.6 is 27.5 Å². The first kappa shape index (κ1) is 15.2. The normalized spacial score (nSPS) is 11.4. The zero-order chi connectivity index (χ0) is 14.1. The molecular weight excluding hydrogens is 326 g/mol. The van der Waals surface area contributed by atoms with Crippen LogP contribution in [0.2, 0.25) is 5.02 Å². The first-order chi connectivity index (χ1) is 8.14. The molecule has 0 unspecified atom stereocenters. The molecule has 0 bridgehead atoms. The summed E-state index contributed by atoms with van der Waals surface area (Å²) < 4.78 is 18.9. The van der Waals surface area contributed by atoms with Gasteiger partial charge in [-0.3, -0.25) is 0 Å². The van der Waals surface area contributed by atoms with Crippen molar-refractivity contribution in [1.29, 1.82) is 0 Å². The number of ether oxygens (including phenoxy) is 1. The Labute approximate surface area is 118 Å². The van der Waals surface area contributed by atoms with E-state index in [4.69, 9.17) is 16.7 Å². The lowest BCUT2D eigenvalue weighted by Crippen LogP contribution is -2.14. The maximum Gasteiger partial charge on any atom is 0.506 e. The van der Waals surface area contributed by atoms with Crippen LogP contribution in [0.4, 0.5) is 9.18 Å². The van der Waals surface area contributed by atoms with Gasteiger partial charge in [-0.1, -0.05) is 48.3 Å². The van der Waals surface area contributed by atoms with E-state index in [2.05, 4.69) is 20.7 Å². The standard InChI is InChI=1S/C12H13BrClFO3/c1-12(2,3)7-4-8(13)6(5-18-11(16)17)10(15)9(7)14/h4H,5H2,1-3H3,(H,16,17). The van der Waals surface area contributed by atoms with Crippen LogP contribution in [0.1, 0.15) is 31.9 Å². The van der Waals surface area contributed by atoms with Crippen LogP contribution in [0.15, 0.2) is 10.5 Å². The summed E-state index contributed by atoms with van der Waals surface area (Å²) in [5.74, 6) is -0.655. The summed E-state index contributed by atoms with van der Waals surface area (Å²) in [6.45, 7) is 5.35. The summed E-state index contributed by atoms with van der Waals surface area (Å²) in [5.41, 5.74) is 0.426. The highest BCUT2D eigenvalue weighted by Gasteiger charge is 2.24. The summed E-state index contributed by atoms with van der Waals surface area (Å²) in [6, 6.07) is 1.69. The van der Waals surface area contributed by atoms with Gasteiger partial charge in [-0.2, -0.15) is 0 Å². The minimum absolute atomic E-state index is 0.00492. The quantitative estimate of drug-likeness (QED) is 0.625. The van der Waals surface area contributed by atoms with Gasteiger partial charge in [-0.15, -0.1) is 0 Å². The van der Waals surface area contributed by atoms with E-state index < -0.39 is 12.0 Å². The van der Waals surface area contributed by atoms with Crippen LogP contribution in [-0.2, 0) is 16.8 Å². The molecule has 0 aliphatic rings. The predicted octanol–water partition coefficient (Wildman–Crippen LogP) is 4.73. The van der Waals surface area contributed by atoms with Crippen molar-refractivity contribution >= 4 is 33.7 Å². The molecular formula is C12H13BrClFO3. The Bertz CT molecular complexity index is 483. The Morgan fingerprint density at radius 2 is 2.11 bits per heavy atom. The summed E-state index contributed by atoms with van der Waals surface area (Å²) in [7, 11) is 0. The van der Waals surface area contributed by atoms with E-state index in [0.29, 0.717) is 10.0 Å². The highest BCUT2D eigenvalue weighted by Crippen LogP contribution is 2.36. The smallest absolute Gasteiger partial charge is 0.450 e. The van der Waals surface area contributed by atoms with Gasteiger partial charge in [0, 0.05) is 10.0 Å². The maximum atomic E-state index is 14.1. The average molecular weight is 340 g/mol. The number of hydrogen-bond donors (Lipinski definition) is 1. The minimum atomic E-state index is -1.46. The van der Waals surface area contributed by atoms with Crippen molar-refractivity contribution in [3.63, 3.8) is 0 Å². The van der Waals surface area contributed by atoms with Gasteiger partial charge in [0.1, 0.15) is 12.4 Å². The van der Waals surface area contributed by atoms with Gasteiger partial charge in [-0.05, 0) is 17.0 Å². The Kier molecular flexibility index (Phi) is 4.61. The van der Waals surface area contributed by atoms with Crippen molar-refractivity contribution < 1.29 is 19.0 Å². The minimum Gasteiger partial charge on any atom is -0.450 e. The summed E-state index contributed by atoms with van der Waals surface area (Å²) >= 11 is 9.17. The monoisotopic (exact) mass is 338 g/mol. The Hall–Kier alpha value is -0.810. The van der Waals surface area contributed by atoms with E-state index >= 15 is 0 Å². The molecule has 0 fully saturated rings. The largest absolute Gasteiger partial charge is 0.506 e. The molecule has 100 valence electrons. The zero-order valence-electron chi connectivity index (χ0n) is 10.2. The third-order valence-electron chi connectivity index (χ3n) is 2.40. The van der Waals surface area contributed by atoms with E-state index in [0.717, 1.165) is 0 Å². The lowest BCUT2D eigenvalue weighted by molar-refractivity contribution is 0.0843. The van der Waals surface area contributed by atoms with Crippen LogP contribution in [0, 0.1) is 5.82 Å². The molecule has 0 heterocycles. The third kappa shape index (κ3) is 3.36. The number of rotatable bonds is 2. The number of carboxylic acid groups (broad SMARTS) is 1. The molecule has 0 saturated carbocycles. The molecule has 1 aromatic carbocycles. The van der Waals surface area contributed by atoms with Crippen LogP contribution in [0.5, 0.6) is 0 Å². The molecule has 1 N–H and O–H groups in total. The van der Waals surface area contributed by atoms with Crippen molar-refractivity contribution in [3.05, 3.63) is 32.5 Å². The molecule has 1 aromatic rings. The Morgan fingerprint density at radius 1 is 1.56 bits per heavy atom. The van der Waals surface area contributed by atoms with E-state index in [9.17, 15) is 9.18 Å². The number of benzene rings is 1. The molecule has 18 heavy (non-hydrogen) atoms. The Morgan fingerprint density at radius 3 is 2.56 bits per heavy atom. The van der Waals surface area contributed by atoms with E-state index in [1.54, 1.807) is 6.07 Å². The van der Waals surface area contributed by atoms with E-state index in [1.165, 1.54) is 0 Å². The lowest BCUT2D eigenvalue weighted by atomic mass is 9.86.